The fraction of sp³-hybridized carbons (Fsp3) is 0.667. The molecule has 0 aromatic rings. The van der Waals surface area contributed by atoms with Crippen molar-refractivity contribution in [3.63, 3.8) is 0 Å². The first-order chi connectivity index (χ1) is 3.80. The minimum atomic E-state index is 0. The molecule has 0 saturated carbocycles. The zero-order chi connectivity index (χ0) is 5.98. The molecule has 1 nitrogen and oxygen atoms in total. The van der Waals surface area contributed by atoms with E-state index in [1.807, 2.05) is 0 Å². The molecule has 3 heteroatoms. The number of hydrogen-bond donors (Lipinski definition) is 0. The zero-order valence-electron chi connectivity index (χ0n) is 5.61. The van der Waals surface area contributed by atoms with Crippen LogP contribution in [0.1, 0.15) is 25.7 Å². The summed E-state index contributed by atoms with van der Waals surface area (Å²) < 4.78 is 0.892. The molecule has 0 aliphatic heterocycles. The van der Waals surface area contributed by atoms with Crippen LogP contribution in [0.4, 0.5) is 0 Å². The molecule has 9 heavy (non-hydrogen) atoms. The maximum Gasteiger partial charge on any atom is 1.00 e. The van der Waals surface area contributed by atoms with Crippen molar-refractivity contribution in [3.05, 3.63) is 10.2 Å². The molecule has 0 radical (unpaired) electrons. The van der Waals surface area contributed by atoms with E-state index in [9.17, 15) is 5.11 Å². The Morgan fingerprint density at radius 2 is 1.78 bits per heavy atom. The Balaban J connectivity index is 0.000000640. The first-order valence-electron chi connectivity index (χ1n) is 2.85. The molecule has 0 bridgehead atoms. The van der Waals surface area contributed by atoms with Gasteiger partial charge >= 0.3 is 18.9 Å². The van der Waals surface area contributed by atoms with Crippen molar-refractivity contribution in [3.8, 4) is 0 Å². The van der Waals surface area contributed by atoms with E-state index in [1.165, 1.54) is 6.42 Å². The average Bonchev–Trinajstić information content (AvgIpc) is 1.77. The van der Waals surface area contributed by atoms with Crippen molar-refractivity contribution in [2.24, 2.45) is 0 Å². The Bertz CT molecular complexity index is 108. The van der Waals surface area contributed by atoms with Gasteiger partial charge in [-0.15, -0.1) is 5.76 Å². The molecule has 1 aliphatic carbocycles. The Kier molecular flexibility index (Phi) is 4.74. The van der Waals surface area contributed by atoms with Crippen LogP contribution in [-0.4, -0.2) is 0 Å². The second kappa shape index (κ2) is 4.44. The van der Waals surface area contributed by atoms with Crippen LogP contribution in [0.3, 0.4) is 0 Å². The minimum absolute atomic E-state index is 0. The summed E-state index contributed by atoms with van der Waals surface area (Å²) in [5, 5.41) is 10.7. The maximum absolute atomic E-state index is 10.7. The summed E-state index contributed by atoms with van der Waals surface area (Å²) in [5.74, 6) is 0.302. The summed E-state index contributed by atoms with van der Waals surface area (Å²) in [7, 11) is 0. The van der Waals surface area contributed by atoms with Gasteiger partial charge < -0.3 is 5.11 Å². The van der Waals surface area contributed by atoms with Gasteiger partial charge in [0.1, 0.15) is 0 Å². The first kappa shape index (κ1) is 9.62. The Morgan fingerprint density at radius 1 is 1.22 bits per heavy atom. The van der Waals surface area contributed by atoms with E-state index in [2.05, 4.69) is 15.9 Å². The van der Waals surface area contributed by atoms with Crippen LogP contribution in [0.5, 0.6) is 0 Å². The molecule has 1 rings (SSSR count). The quantitative estimate of drug-likeness (QED) is 0.420. The minimum Gasteiger partial charge on any atom is -0.875 e. The molecule has 0 heterocycles. The third-order valence-corrected chi connectivity index (χ3v) is 2.19. The van der Waals surface area contributed by atoms with Crippen LogP contribution in [-0.2, 0) is 0 Å². The summed E-state index contributed by atoms with van der Waals surface area (Å²) in [5.41, 5.74) is 0. The fourth-order valence-corrected chi connectivity index (χ4v) is 1.32. The van der Waals surface area contributed by atoms with Crippen molar-refractivity contribution in [2.45, 2.75) is 25.7 Å². The summed E-state index contributed by atoms with van der Waals surface area (Å²) in [4.78, 5) is 0. The van der Waals surface area contributed by atoms with Gasteiger partial charge in [0.2, 0.25) is 0 Å². The number of allylic oxidation sites excluding steroid dienone is 2. The van der Waals surface area contributed by atoms with Gasteiger partial charge in [0, 0.05) is 0 Å². The molecular weight excluding hydrogens is 175 g/mol. The van der Waals surface area contributed by atoms with Gasteiger partial charge in [-0.05, 0) is 23.7 Å². The van der Waals surface area contributed by atoms with E-state index in [-0.39, 0.29) is 18.9 Å². The van der Waals surface area contributed by atoms with Gasteiger partial charge in [-0.1, -0.05) is 22.4 Å². The Labute approximate surface area is 75.8 Å². The summed E-state index contributed by atoms with van der Waals surface area (Å²) in [6, 6.07) is 0. The van der Waals surface area contributed by atoms with Crippen LogP contribution in [0.25, 0.3) is 0 Å². The van der Waals surface area contributed by atoms with E-state index in [1.54, 1.807) is 0 Å². The number of rotatable bonds is 0. The van der Waals surface area contributed by atoms with Crippen molar-refractivity contribution < 1.29 is 24.0 Å². The molecule has 0 unspecified atom stereocenters. The van der Waals surface area contributed by atoms with Crippen LogP contribution in [0.2, 0.25) is 0 Å². The normalized spacial score (nSPS) is 19.2. The van der Waals surface area contributed by atoms with Crippen molar-refractivity contribution in [1.29, 1.82) is 0 Å². The third-order valence-electron chi connectivity index (χ3n) is 1.35. The topological polar surface area (TPSA) is 23.1 Å². The van der Waals surface area contributed by atoms with E-state index in [0.717, 1.165) is 23.7 Å². The molecule has 0 spiro atoms. The largest absolute Gasteiger partial charge is 1.00 e. The monoisotopic (exact) mass is 182 g/mol. The smallest absolute Gasteiger partial charge is 0.875 e. The molecule has 0 N–H and O–H groups in total. The fourth-order valence-electron chi connectivity index (χ4n) is 0.841. The zero-order valence-corrected chi connectivity index (χ0v) is 7.20. The van der Waals surface area contributed by atoms with Crippen LogP contribution in [0.15, 0.2) is 10.2 Å². The van der Waals surface area contributed by atoms with E-state index in [4.69, 9.17) is 0 Å². The predicted octanol–water partition coefficient (Wildman–Crippen LogP) is -1.47. The summed E-state index contributed by atoms with van der Waals surface area (Å²) in [6.45, 7) is 0. The van der Waals surface area contributed by atoms with Gasteiger partial charge in [-0.25, -0.2) is 0 Å². The maximum atomic E-state index is 10.7. The van der Waals surface area contributed by atoms with Crippen molar-refractivity contribution in [1.82, 2.24) is 0 Å². The number of hydrogen-bond acceptors (Lipinski definition) is 1. The van der Waals surface area contributed by atoms with Crippen LogP contribution >= 0.6 is 15.9 Å². The Hall–Kier alpha value is 0.617. The molecule has 1 aliphatic rings. The van der Waals surface area contributed by atoms with E-state index >= 15 is 0 Å². The molecular formula is C6H8BrLiO. The van der Waals surface area contributed by atoms with Crippen LogP contribution in [0, 0.1) is 0 Å². The first-order valence-corrected chi connectivity index (χ1v) is 3.64. The molecule has 0 atom stereocenters. The second-order valence-electron chi connectivity index (χ2n) is 2.04. The van der Waals surface area contributed by atoms with Crippen LogP contribution < -0.4 is 24.0 Å². The van der Waals surface area contributed by atoms with Gasteiger partial charge in [0.25, 0.3) is 0 Å². The van der Waals surface area contributed by atoms with E-state index in [0.29, 0.717) is 5.76 Å². The molecule has 46 valence electrons. The number of halogens is 1. The molecule has 0 fully saturated rings. The second-order valence-corrected chi connectivity index (χ2v) is 2.99. The van der Waals surface area contributed by atoms with Crippen molar-refractivity contribution >= 4 is 15.9 Å². The van der Waals surface area contributed by atoms with Gasteiger partial charge in [-0.3, -0.25) is 0 Å². The average molecular weight is 183 g/mol. The van der Waals surface area contributed by atoms with Crippen molar-refractivity contribution in [2.75, 3.05) is 0 Å². The van der Waals surface area contributed by atoms with Gasteiger partial charge in [0.15, 0.2) is 0 Å². The van der Waals surface area contributed by atoms with E-state index < -0.39 is 0 Å². The van der Waals surface area contributed by atoms with Gasteiger partial charge in [-0.2, -0.15) is 0 Å². The summed E-state index contributed by atoms with van der Waals surface area (Å²) >= 11 is 3.22. The SMILES string of the molecule is [Li+].[O-]C1=C(Br)CCCC1. The third kappa shape index (κ3) is 2.80. The molecule has 0 amide bonds. The standard InChI is InChI=1S/C6H9BrO.Li/c7-5-3-1-2-4-6(5)8;/h8H,1-4H2;/q;+1/p-1. The molecule has 0 aromatic heterocycles. The molecule has 0 aromatic carbocycles. The summed E-state index contributed by atoms with van der Waals surface area (Å²) in [6.07, 6.45) is 3.96. The molecule has 0 saturated heterocycles. The predicted molar refractivity (Wildman–Crippen MR) is 34.4 cm³/mol. The van der Waals surface area contributed by atoms with Gasteiger partial charge in [0.05, 0.1) is 0 Å². The Morgan fingerprint density at radius 3 is 2.11 bits per heavy atom.